The SMILES string of the molecule is CN1CC2(COCCN(Cc3ccc(C#N)cc3)C2)CC1=O.O=C(O)C(F)(F)F. The molecule has 1 aromatic carbocycles. The van der Waals surface area contributed by atoms with Gasteiger partial charge >= 0.3 is 12.1 Å². The molecule has 1 spiro atoms. The zero-order valence-corrected chi connectivity index (χ0v) is 15.9. The summed E-state index contributed by atoms with van der Waals surface area (Å²) in [6, 6.07) is 9.85. The molecule has 0 radical (unpaired) electrons. The van der Waals surface area contributed by atoms with Crippen LogP contribution in [0.3, 0.4) is 0 Å². The third kappa shape index (κ3) is 6.44. The standard InChI is InChI=1S/C17H21N3O2.C2HF3O2/c1-19-11-17(8-16(19)21)12-20(6-7-22-13-17)10-15-4-2-14(9-18)3-5-15;3-2(4,5)1(6)7/h2-5H,6-8,10-13H2,1H3;(H,6,7). The van der Waals surface area contributed by atoms with Crippen molar-refractivity contribution in [2.45, 2.75) is 19.1 Å². The summed E-state index contributed by atoms with van der Waals surface area (Å²) in [7, 11) is 1.87. The fourth-order valence-electron chi connectivity index (χ4n) is 3.46. The molecule has 10 heteroatoms. The molecule has 1 aromatic rings. The molecule has 1 N–H and O–H groups in total. The van der Waals surface area contributed by atoms with Gasteiger partial charge in [-0.05, 0) is 17.7 Å². The summed E-state index contributed by atoms with van der Waals surface area (Å²) in [5, 5.41) is 16.0. The number of likely N-dealkylation sites (tertiary alicyclic amines) is 1. The van der Waals surface area contributed by atoms with Gasteiger partial charge < -0.3 is 14.7 Å². The molecule has 7 nitrogen and oxygen atoms in total. The van der Waals surface area contributed by atoms with E-state index in [0.29, 0.717) is 25.2 Å². The van der Waals surface area contributed by atoms with Crippen LogP contribution >= 0.6 is 0 Å². The van der Waals surface area contributed by atoms with Gasteiger partial charge in [0.1, 0.15) is 0 Å². The first-order chi connectivity index (χ1) is 13.5. The van der Waals surface area contributed by atoms with Crippen LogP contribution in [-0.4, -0.2) is 72.9 Å². The number of benzene rings is 1. The summed E-state index contributed by atoms with van der Waals surface area (Å²) in [5.74, 6) is -2.55. The van der Waals surface area contributed by atoms with E-state index in [1.54, 1.807) is 0 Å². The lowest BCUT2D eigenvalue weighted by atomic mass is 9.87. The van der Waals surface area contributed by atoms with Gasteiger partial charge in [-0.3, -0.25) is 9.69 Å². The van der Waals surface area contributed by atoms with E-state index in [4.69, 9.17) is 19.9 Å². The molecule has 1 unspecified atom stereocenters. The molecule has 2 fully saturated rings. The Morgan fingerprint density at radius 3 is 2.41 bits per heavy atom. The number of alkyl halides is 3. The lowest BCUT2D eigenvalue weighted by Gasteiger charge is -2.30. The second-order valence-electron chi connectivity index (χ2n) is 7.30. The van der Waals surface area contributed by atoms with Crippen LogP contribution in [0, 0.1) is 16.7 Å². The summed E-state index contributed by atoms with van der Waals surface area (Å²) in [6.45, 7) is 4.72. The predicted octanol–water partition coefficient (Wildman–Crippen LogP) is 1.87. The van der Waals surface area contributed by atoms with Crippen LogP contribution < -0.4 is 0 Å². The van der Waals surface area contributed by atoms with E-state index in [0.717, 1.165) is 26.2 Å². The molecule has 2 aliphatic rings. The lowest BCUT2D eigenvalue weighted by Crippen LogP contribution is -2.40. The van der Waals surface area contributed by atoms with Crippen molar-refractivity contribution in [3.8, 4) is 6.07 Å². The maximum Gasteiger partial charge on any atom is 0.490 e. The topological polar surface area (TPSA) is 93.9 Å². The van der Waals surface area contributed by atoms with Crippen molar-refractivity contribution in [1.82, 2.24) is 9.80 Å². The highest BCUT2D eigenvalue weighted by molar-refractivity contribution is 5.79. The van der Waals surface area contributed by atoms with Gasteiger partial charge in [0.2, 0.25) is 5.91 Å². The number of hydrogen-bond donors (Lipinski definition) is 1. The Labute approximate surface area is 166 Å². The minimum absolute atomic E-state index is 0.0745. The number of aliphatic carboxylic acids is 1. The van der Waals surface area contributed by atoms with Gasteiger partial charge in [0.05, 0.1) is 24.8 Å². The molecule has 0 bridgehead atoms. The number of halogens is 3. The second kappa shape index (κ2) is 9.24. The number of rotatable bonds is 2. The summed E-state index contributed by atoms with van der Waals surface area (Å²) in [5.41, 5.74) is 1.80. The van der Waals surface area contributed by atoms with E-state index in [9.17, 15) is 18.0 Å². The molecule has 29 heavy (non-hydrogen) atoms. The highest BCUT2D eigenvalue weighted by atomic mass is 19.4. The first-order valence-electron chi connectivity index (χ1n) is 8.88. The lowest BCUT2D eigenvalue weighted by molar-refractivity contribution is -0.192. The molecule has 158 valence electrons. The van der Waals surface area contributed by atoms with E-state index in [-0.39, 0.29) is 11.3 Å². The largest absolute Gasteiger partial charge is 0.490 e. The van der Waals surface area contributed by atoms with Crippen LogP contribution in [0.5, 0.6) is 0 Å². The smallest absolute Gasteiger partial charge is 0.475 e. The molecule has 0 aromatic heterocycles. The zero-order chi connectivity index (χ0) is 21.7. The first-order valence-corrected chi connectivity index (χ1v) is 8.88. The second-order valence-corrected chi connectivity index (χ2v) is 7.30. The van der Waals surface area contributed by atoms with Crippen molar-refractivity contribution in [3.05, 3.63) is 35.4 Å². The van der Waals surface area contributed by atoms with E-state index in [2.05, 4.69) is 11.0 Å². The third-order valence-corrected chi connectivity index (χ3v) is 4.78. The zero-order valence-electron chi connectivity index (χ0n) is 15.9. The minimum Gasteiger partial charge on any atom is -0.475 e. The van der Waals surface area contributed by atoms with Crippen LogP contribution in [0.1, 0.15) is 17.5 Å². The van der Waals surface area contributed by atoms with Crippen LogP contribution in [0.4, 0.5) is 13.2 Å². The fraction of sp³-hybridized carbons (Fsp3) is 0.526. The van der Waals surface area contributed by atoms with Gasteiger partial charge in [-0.25, -0.2) is 4.79 Å². The number of nitrogens with zero attached hydrogens (tertiary/aromatic N) is 3. The van der Waals surface area contributed by atoms with Crippen molar-refractivity contribution in [1.29, 1.82) is 5.26 Å². The summed E-state index contributed by atoms with van der Waals surface area (Å²) in [4.78, 5) is 25.0. The number of amides is 1. The number of carbonyl (C=O) groups excluding carboxylic acids is 1. The van der Waals surface area contributed by atoms with Gasteiger partial charge in [0, 0.05) is 45.1 Å². The van der Waals surface area contributed by atoms with Crippen LogP contribution in [0.15, 0.2) is 24.3 Å². The molecule has 3 rings (SSSR count). The Kier molecular flexibility index (Phi) is 7.21. The first kappa shape index (κ1) is 22.6. The average molecular weight is 413 g/mol. The number of ether oxygens (including phenoxy) is 1. The Balaban J connectivity index is 0.000000370. The monoisotopic (exact) mass is 413 g/mol. The highest BCUT2D eigenvalue weighted by Crippen LogP contribution is 2.33. The van der Waals surface area contributed by atoms with Crippen LogP contribution in [0.2, 0.25) is 0 Å². The predicted molar refractivity (Wildman–Crippen MR) is 95.6 cm³/mol. The highest BCUT2D eigenvalue weighted by Gasteiger charge is 2.44. The van der Waals surface area contributed by atoms with Crippen molar-refractivity contribution in [2.24, 2.45) is 5.41 Å². The Hall–Kier alpha value is -2.64. The van der Waals surface area contributed by atoms with Crippen LogP contribution in [-0.2, 0) is 20.9 Å². The van der Waals surface area contributed by atoms with Crippen molar-refractivity contribution in [3.63, 3.8) is 0 Å². The normalized spacial score (nSPS) is 22.6. The summed E-state index contributed by atoms with van der Waals surface area (Å²) < 4.78 is 37.5. The molecule has 2 heterocycles. The van der Waals surface area contributed by atoms with E-state index in [1.807, 2.05) is 36.2 Å². The van der Waals surface area contributed by atoms with Gasteiger partial charge in [0.25, 0.3) is 0 Å². The molecule has 1 amide bonds. The third-order valence-electron chi connectivity index (χ3n) is 4.78. The molecular formula is C19H22F3N3O4. The molecule has 1 atom stereocenters. The average Bonchev–Trinajstić information content (AvgIpc) is 2.80. The Bertz CT molecular complexity index is 776. The molecule has 0 aliphatic carbocycles. The van der Waals surface area contributed by atoms with Gasteiger partial charge in [-0.1, -0.05) is 12.1 Å². The number of carboxylic acid groups (broad SMARTS) is 1. The van der Waals surface area contributed by atoms with E-state index < -0.39 is 12.1 Å². The van der Waals surface area contributed by atoms with Crippen LogP contribution in [0.25, 0.3) is 0 Å². The molecule has 2 saturated heterocycles. The van der Waals surface area contributed by atoms with Gasteiger partial charge in [0.15, 0.2) is 0 Å². The maximum atomic E-state index is 11.9. The van der Waals surface area contributed by atoms with Gasteiger partial charge in [-0.15, -0.1) is 0 Å². The Morgan fingerprint density at radius 2 is 1.93 bits per heavy atom. The fourth-order valence-corrected chi connectivity index (χ4v) is 3.46. The molecule has 2 aliphatic heterocycles. The number of nitriles is 1. The number of carbonyl (C=O) groups is 2. The number of carboxylic acids is 1. The van der Waals surface area contributed by atoms with Crippen molar-refractivity contribution >= 4 is 11.9 Å². The maximum absolute atomic E-state index is 11.9. The number of hydrogen-bond acceptors (Lipinski definition) is 5. The van der Waals surface area contributed by atoms with E-state index in [1.165, 1.54) is 5.56 Å². The molecular weight excluding hydrogens is 391 g/mol. The summed E-state index contributed by atoms with van der Waals surface area (Å²) in [6.07, 6.45) is -4.51. The quantitative estimate of drug-likeness (QED) is 0.796. The Morgan fingerprint density at radius 1 is 1.31 bits per heavy atom. The molecule has 0 saturated carbocycles. The summed E-state index contributed by atoms with van der Waals surface area (Å²) >= 11 is 0. The van der Waals surface area contributed by atoms with Crippen molar-refractivity contribution < 1.29 is 32.6 Å². The minimum atomic E-state index is -5.08. The van der Waals surface area contributed by atoms with Crippen molar-refractivity contribution in [2.75, 3.05) is 39.9 Å². The van der Waals surface area contributed by atoms with Gasteiger partial charge in [-0.2, -0.15) is 18.4 Å². The van der Waals surface area contributed by atoms with E-state index >= 15 is 0 Å².